The third kappa shape index (κ3) is 1.95. The van der Waals surface area contributed by atoms with Gasteiger partial charge in [-0.15, -0.1) is 0 Å². The Balaban J connectivity index is 1.97. The van der Waals surface area contributed by atoms with E-state index in [1.54, 1.807) is 17.9 Å². The van der Waals surface area contributed by atoms with Gasteiger partial charge in [-0.25, -0.2) is 0 Å². The molecular weight excluding hydrogens is 222 g/mol. The summed E-state index contributed by atoms with van der Waals surface area (Å²) in [6, 6.07) is 1.82. The molecule has 1 aromatic rings. The highest BCUT2D eigenvalue weighted by atomic mass is 16.4. The van der Waals surface area contributed by atoms with Gasteiger partial charge < -0.3 is 16.3 Å². The molecule has 0 spiro atoms. The summed E-state index contributed by atoms with van der Waals surface area (Å²) in [5.41, 5.74) is 5.61. The number of carbonyl (C=O) groups excluding carboxylic acids is 1. The van der Waals surface area contributed by atoms with Crippen LogP contribution in [0.2, 0.25) is 0 Å². The fourth-order valence-electron chi connectivity index (χ4n) is 1.74. The lowest BCUT2D eigenvalue weighted by Crippen LogP contribution is -2.40. The second-order valence-corrected chi connectivity index (χ2v) is 4.20. The lowest BCUT2D eigenvalue weighted by molar-refractivity contribution is -0.124. The van der Waals surface area contributed by atoms with E-state index in [1.165, 1.54) is 0 Å². The molecule has 1 aliphatic rings. The van der Waals surface area contributed by atoms with Crippen LogP contribution in [0.4, 0.5) is 0 Å². The van der Waals surface area contributed by atoms with E-state index in [2.05, 4.69) is 15.6 Å². The van der Waals surface area contributed by atoms with Crippen molar-refractivity contribution in [3.8, 4) is 0 Å². The second kappa shape index (κ2) is 4.08. The Morgan fingerprint density at radius 2 is 2.47 bits per heavy atom. The van der Waals surface area contributed by atoms with Crippen LogP contribution in [0.5, 0.6) is 0 Å². The lowest BCUT2D eigenvalue weighted by atomic mass is 10.1. The third-order valence-electron chi connectivity index (χ3n) is 3.14. The first kappa shape index (κ1) is 11.4. The van der Waals surface area contributed by atoms with Crippen molar-refractivity contribution < 1.29 is 10.0 Å². The van der Waals surface area contributed by atoms with Crippen LogP contribution in [0.15, 0.2) is 17.4 Å². The van der Waals surface area contributed by atoms with Crippen molar-refractivity contribution in [3.05, 3.63) is 18.0 Å². The first-order chi connectivity index (χ1) is 8.10. The number of aryl methyl sites for hydroxylation is 1. The van der Waals surface area contributed by atoms with Gasteiger partial charge in [0.1, 0.15) is 5.41 Å². The molecular formula is C10H15N5O2. The van der Waals surface area contributed by atoms with Crippen LogP contribution in [0.25, 0.3) is 0 Å². The second-order valence-electron chi connectivity index (χ2n) is 4.20. The number of rotatable bonds is 4. The maximum Gasteiger partial charge on any atom is 0.234 e. The number of hydrogen-bond acceptors (Lipinski definition) is 4. The van der Waals surface area contributed by atoms with Crippen LogP contribution in [-0.4, -0.2) is 26.7 Å². The summed E-state index contributed by atoms with van der Waals surface area (Å²) < 4.78 is 1.68. The SMILES string of the molecule is Cn1nccc1CNC(=O)C1(/C(N)=N/O)CC1. The molecule has 4 N–H and O–H groups in total. The van der Waals surface area contributed by atoms with E-state index in [4.69, 9.17) is 10.9 Å². The van der Waals surface area contributed by atoms with Crippen molar-refractivity contribution >= 4 is 11.7 Å². The molecule has 0 aliphatic heterocycles. The molecule has 1 fully saturated rings. The Morgan fingerprint density at radius 1 is 1.76 bits per heavy atom. The van der Waals surface area contributed by atoms with Gasteiger partial charge in [-0.2, -0.15) is 5.10 Å². The van der Waals surface area contributed by atoms with Crippen molar-refractivity contribution in [1.82, 2.24) is 15.1 Å². The first-order valence-corrected chi connectivity index (χ1v) is 5.33. The molecule has 1 aromatic heterocycles. The van der Waals surface area contributed by atoms with Crippen molar-refractivity contribution in [2.24, 2.45) is 23.4 Å². The summed E-state index contributed by atoms with van der Waals surface area (Å²) >= 11 is 0. The number of amidine groups is 1. The van der Waals surface area contributed by atoms with Crippen molar-refractivity contribution in [2.75, 3.05) is 0 Å². The standard InChI is InChI=1S/C10H15N5O2/c1-15-7(2-5-13-15)6-12-9(16)10(3-4-10)8(11)14-17/h2,5,17H,3-4,6H2,1H3,(H2,11,14)(H,12,16). The van der Waals surface area contributed by atoms with Gasteiger partial charge in [0.2, 0.25) is 5.91 Å². The van der Waals surface area contributed by atoms with E-state index in [9.17, 15) is 4.79 Å². The van der Waals surface area contributed by atoms with Gasteiger partial charge in [-0.3, -0.25) is 9.48 Å². The number of nitrogens with zero attached hydrogens (tertiary/aromatic N) is 3. The topological polar surface area (TPSA) is 106 Å². The molecule has 17 heavy (non-hydrogen) atoms. The molecule has 92 valence electrons. The highest BCUT2D eigenvalue weighted by molar-refractivity contribution is 6.09. The molecule has 0 saturated heterocycles. The largest absolute Gasteiger partial charge is 0.409 e. The van der Waals surface area contributed by atoms with Crippen molar-refractivity contribution in [3.63, 3.8) is 0 Å². The molecule has 1 amide bonds. The lowest BCUT2D eigenvalue weighted by Gasteiger charge is -2.13. The van der Waals surface area contributed by atoms with Crippen LogP contribution in [0.1, 0.15) is 18.5 Å². The van der Waals surface area contributed by atoms with Crippen molar-refractivity contribution in [1.29, 1.82) is 0 Å². The van der Waals surface area contributed by atoms with Crippen LogP contribution >= 0.6 is 0 Å². The van der Waals surface area contributed by atoms with Crippen LogP contribution in [-0.2, 0) is 18.4 Å². The molecule has 7 heteroatoms. The molecule has 0 bridgehead atoms. The number of oxime groups is 1. The molecule has 2 rings (SSSR count). The number of aromatic nitrogens is 2. The number of carbonyl (C=O) groups is 1. The summed E-state index contributed by atoms with van der Waals surface area (Å²) in [7, 11) is 1.80. The molecule has 1 heterocycles. The molecule has 7 nitrogen and oxygen atoms in total. The normalized spacial score (nSPS) is 17.8. The molecule has 1 saturated carbocycles. The monoisotopic (exact) mass is 237 g/mol. The molecule has 0 aromatic carbocycles. The van der Waals surface area contributed by atoms with E-state index in [1.807, 2.05) is 6.07 Å². The predicted molar refractivity (Wildman–Crippen MR) is 60.1 cm³/mol. The van der Waals surface area contributed by atoms with Gasteiger partial charge in [0.05, 0.1) is 12.2 Å². The van der Waals surface area contributed by atoms with E-state index in [0.717, 1.165) is 5.69 Å². The Bertz CT molecular complexity index is 461. The highest BCUT2D eigenvalue weighted by Gasteiger charge is 2.54. The molecule has 0 radical (unpaired) electrons. The summed E-state index contributed by atoms with van der Waals surface area (Å²) in [4.78, 5) is 11.9. The van der Waals surface area contributed by atoms with Crippen LogP contribution < -0.4 is 11.1 Å². The minimum absolute atomic E-state index is 0.0139. The Morgan fingerprint density at radius 3 is 2.94 bits per heavy atom. The zero-order valence-corrected chi connectivity index (χ0v) is 9.55. The number of nitrogens with two attached hydrogens (primary N) is 1. The van der Waals surface area contributed by atoms with Gasteiger partial charge in [0.15, 0.2) is 5.84 Å². The zero-order valence-electron chi connectivity index (χ0n) is 9.55. The summed E-state index contributed by atoms with van der Waals surface area (Å²) in [6.45, 7) is 0.385. The minimum Gasteiger partial charge on any atom is -0.409 e. The van der Waals surface area contributed by atoms with Crippen molar-refractivity contribution in [2.45, 2.75) is 19.4 Å². The summed E-state index contributed by atoms with van der Waals surface area (Å²) in [5, 5.41) is 18.3. The van der Waals surface area contributed by atoms with Crippen LogP contribution in [0, 0.1) is 5.41 Å². The van der Waals surface area contributed by atoms with Gasteiger partial charge >= 0.3 is 0 Å². The predicted octanol–water partition coefficient (Wildman–Crippen LogP) is -0.437. The Kier molecular flexibility index (Phi) is 2.74. The van der Waals surface area contributed by atoms with Gasteiger partial charge in [0.25, 0.3) is 0 Å². The molecule has 0 atom stereocenters. The number of nitrogens with one attached hydrogen (secondary N) is 1. The summed E-state index contributed by atoms with van der Waals surface area (Å²) in [5.74, 6) is -0.214. The van der Waals surface area contributed by atoms with Gasteiger partial charge in [-0.1, -0.05) is 5.16 Å². The maximum atomic E-state index is 11.9. The average Bonchev–Trinajstić information content (AvgIpc) is 3.04. The number of hydrogen-bond donors (Lipinski definition) is 3. The Labute approximate surface area is 98.3 Å². The maximum absolute atomic E-state index is 11.9. The molecule has 0 unspecified atom stereocenters. The van der Waals surface area contributed by atoms with E-state index in [0.29, 0.717) is 19.4 Å². The summed E-state index contributed by atoms with van der Waals surface area (Å²) in [6.07, 6.45) is 2.91. The van der Waals surface area contributed by atoms with Gasteiger partial charge in [0, 0.05) is 13.2 Å². The zero-order chi connectivity index (χ0) is 12.5. The fourth-order valence-corrected chi connectivity index (χ4v) is 1.74. The fraction of sp³-hybridized carbons (Fsp3) is 0.500. The average molecular weight is 237 g/mol. The molecule has 1 aliphatic carbocycles. The van der Waals surface area contributed by atoms with E-state index >= 15 is 0 Å². The van der Waals surface area contributed by atoms with E-state index < -0.39 is 5.41 Å². The third-order valence-corrected chi connectivity index (χ3v) is 3.14. The minimum atomic E-state index is -0.798. The quantitative estimate of drug-likeness (QED) is 0.286. The number of amides is 1. The van der Waals surface area contributed by atoms with Gasteiger partial charge in [-0.05, 0) is 18.9 Å². The highest BCUT2D eigenvalue weighted by Crippen LogP contribution is 2.46. The Hall–Kier alpha value is -2.05. The van der Waals surface area contributed by atoms with Crippen LogP contribution in [0.3, 0.4) is 0 Å². The van der Waals surface area contributed by atoms with E-state index in [-0.39, 0.29) is 11.7 Å². The first-order valence-electron chi connectivity index (χ1n) is 5.33. The smallest absolute Gasteiger partial charge is 0.234 e.